The highest BCUT2D eigenvalue weighted by Crippen LogP contribution is 2.41. The number of methoxy groups -OCH3 is 1. The second kappa shape index (κ2) is 4.30. The van der Waals surface area contributed by atoms with Crippen molar-refractivity contribution in [3.05, 3.63) is 29.5 Å². The second-order valence-corrected chi connectivity index (χ2v) is 5.06. The highest BCUT2D eigenvalue weighted by atomic mass is 16.5. The standard InChI is InChI=1S/C15H17NO3/c1-16-11-7-3-6-10(15(17)18)13(11)9-5-4-8-12(19-2)14(9)16/h4-5,8,10H,3,6-7H2,1-2H3,(H,17,18). The Morgan fingerprint density at radius 3 is 2.95 bits per heavy atom. The summed E-state index contributed by atoms with van der Waals surface area (Å²) in [6.45, 7) is 0. The molecule has 0 spiro atoms. The molecule has 1 aliphatic rings. The van der Waals surface area contributed by atoms with Gasteiger partial charge in [0.05, 0.1) is 18.5 Å². The van der Waals surface area contributed by atoms with E-state index in [1.165, 1.54) is 0 Å². The van der Waals surface area contributed by atoms with Gasteiger partial charge in [0.15, 0.2) is 0 Å². The molecule has 19 heavy (non-hydrogen) atoms. The van der Waals surface area contributed by atoms with Crippen LogP contribution in [0.1, 0.15) is 30.0 Å². The summed E-state index contributed by atoms with van der Waals surface area (Å²) < 4.78 is 7.51. The van der Waals surface area contributed by atoms with E-state index in [1.54, 1.807) is 7.11 Å². The molecule has 1 aliphatic carbocycles. The van der Waals surface area contributed by atoms with Crippen LogP contribution in [0.15, 0.2) is 18.2 Å². The van der Waals surface area contributed by atoms with Crippen molar-refractivity contribution in [1.29, 1.82) is 0 Å². The molecule has 4 nitrogen and oxygen atoms in total. The molecule has 100 valence electrons. The van der Waals surface area contributed by atoms with Crippen LogP contribution in [-0.2, 0) is 18.3 Å². The molecule has 1 atom stereocenters. The molecule has 0 saturated carbocycles. The van der Waals surface area contributed by atoms with Gasteiger partial charge in [-0.25, -0.2) is 0 Å². The molecule has 0 amide bonds. The van der Waals surface area contributed by atoms with Crippen molar-refractivity contribution < 1.29 is 14.6 Å². The third-order valence-electron chi connectivity index (χ3n) is 4.11. The molecule has 1 aromatic heterocycles. The highest BCUT2D eigenvalue weighted by molar-refractivity contribution is 5.94. The smallest absolute Gasteiger partial charge is 0.311 e. The minimum absolute atomic E-state index is 0.389. The van der Waals surface area contributed by atoms with Gasteiger partial charge in [0.1, 0.15) is 5.75 Å². The Bertz CT molecular complexity index is 657. The molecule has 0 radical (unpaired) electrons. The Hall–Kier alpha value is -1.97. The van der Waals surface area contributed by atoms with Crippen molar-refractivity contribution in [3.8, 4) is 5.75 Å². The maximum atomic E-state index is 11.5. The van der Waals surface area contributed by atoms with E-state index in [1.807, 2.05) is 25.2 Å². The largest absolute Gasteiger partial charge is 0.495 e. The number of carbonyl (C=O) groups is 1. The molecule has 0 bridgehead atoms. The molecule has 1 heterocycles. The first-order valence-electron chi connectivity index (χ1n) is 6.52. The van der Waals surface area contributed by atoms with Crippen LogP contribution in [0.2, 0.25) is 0 Å². The fraction of sp³-hybridized carbons (Fsp3) is 0.400. The average molecular weight is 259 g/mol. The molecule has 0 fully saturated rings. The number of ether oxygens (including phenoxy) is 1. The van der Waals surface area contributed by atoms with Crippen molar-refractivity contribution >= 4 is 16.9 Å². The number of hydrogen-bond donors (Lipinski definition) is 1. The first kappa shape index (κ1) is 12.1. The SMILES string of the molecule is COc1cccc2c3c(n(C)c12)CCCC3C(=O)O. The summed E-state index contributed by atoms with van der Waals surface area (Å²) in [5.41, 5.74) is 3.12. The minimum atomic E-state index is -0.726. The predicted octanol–water partition coefficient (Wildman–Crippen LogP) is 2.69. The van der Waals surface area contributed by atoms with Gasteiger partial charge in [0.2, 0.25) is 0 Å². The topological polar surface area (TPSA) is 51.5 Å². The number of carboxylic acid groups (broad SMARTS) is 1. The molecule has 1 N–H and O–H groups in total. The van der Waals surface area contributed by atoms with Crippen LogP contribution in [0.3, 0.4) is 0 Å². The van der Waals surface area contributed by atoms with Crippen LogP contribution >= 0.6 is 0 Å². The summed E-state index contributed by atoms with van der Waals surface area (Å²) >= 11 is 0. The van der Waals surface area contributed by atoms with Gasteiger partial charge in [-0.15, -0.1) is 0 Å². The van der Waals surface area contributed by atoms with Crippen molar-refractivity contribution in [2.75, 3.05) is 7.11 Å². The first-order valence-corrected chi connectivity index (χ1v) is 6.52. The molecule has 1 aromatic carbocycles. The number of fused-ring (bicyclic) bond motifs is 3. The lowest BCUT2D eigenvalue weighted by atomic mass is 9.85. The van der Waals surface area contributed by atoms with Crippen LogP contribution in [0, 0.1) is 0 Å². The van der Waals surface area contributed by atoms with E-state index < -0.39 is 5.97 Å². The van der Waals surface area contributed by atoms with E-state index in [-0.39, 0.29) is 5.92 Å². The lowest BCUT2D eigenvalue weighted by Crippen LogP contribution is -2.18. The minimum Gasteiger partial charge on any atom is -0.495 e. The summed E-state index contributed by atoms with van der Waals surface area (Å²) in [7, 11) is 3.64. The van der Waals surface area contributed by atoms with Crippen molar-refractivity contribution in [1.82, 2.24) is 4.57 Å². The third kappa shape index (κ3) is 1.63. The summed E-state index contributed by atoms with van der Waals surface area (Å²) in [5, 5.41) is 10.5. The maximum absolute atomic E-state index is 11.5. The molecule has 2 aromatic rings. The second-order valence-electron chi connectivity index (χ2n) is 5.06. The summed E-state index contributed by atoms with van der Waals surface area (Å²) in [5.74, 6) is -0.311. The van der Waals surface area contributed by atoms with Crippen LogP contribution in [0.25, 0.3) is 10.9 Å². The van der Waals surface area contributed by atoms with Crippen LogP contribution in [0.5, 0.6) is 5.75 Å². The van der Waals surface area contributed by atoms with Gasteiger partial charge in [-0.05, 0) is 30.9 Å². The number of rotatable bonds is 2. The Morgan fingerprint density at radius 1 is 1.47 bits per heavy atom. The predicted molar refractivity (Wildman–Crippen MR) is 72.8 cm³/mol. The number of aliphatic carboxylic acids is 1. The van der Waals surface area contributed by atoms with E-state index in [9.17, 15) is 9.90 Å². The zero-order chi connectivity index (χ0) is 13.6. The quantitative estimate of drug-likeness (QED) is 0.902. The monoisotopic (exact) mass is 259 g/mol. The van der Waals surface area contributed by atoms with Gasteiger partial charge in [0, 0.05) is 18.1 Å². The van der Waals surface area contributed by atoms with Gasteiger partial charge in [-0.3, -0.25) is 4.79 Å². The lowest BCUT2D eigenvalue weighted by Gasteiger charge is -2.20. The maximum Gasteiger partial charge on any atom is 0.311 e. The fourth-order valence-electron chi connectivity index (χ4n) is 3.28. The summed E-state index contributed by atoms with van der Waals surface area (Å²) in [6, 6.07) is 5.84. The Labute approximate surface area is 111 Å². The molecule has 0 aliphatic heterocycles. The Morgan fingerprint density at radius 2 is 2.26 bits per heavy atom. The van der Waals surface area contributed by atoms with Gasteiger partial charge < -0.3 is 14.4 Å². The number of hydrogen-bond acceptors (Lipinski definition) is 2. The van der Waals surface area contributed by atoms with Crippen LogP contribution < -0.4 is 4.74 Å². The third-order valence-corrected chi connectivity index (χ3v) is 4.11. The molecular weight excluding hydrogens is 242 g/mol. The van der Waals surface area contributed by atoms with E-state index in [2.05, 4.69) is 4.57 Å². The normalized spacial score (nSPS) is 18.3. The molecule has 3 rings (SSSR count). The number of nitrogens with zero attached hydrogens (tertiary/aromatic N) is 1. The number of carboxylic acids is 1. The zero-order valence-electron chi connectivity index (χ0n) is 11.1. The van der Waals surface area contributed by atoms with E-state index in [0.717, 1.165) is 47.2 Å². The van der Waals surface area contributed by atoms with Crippen molar-refractivity contribution in [3.63, 3.8) is 0 Å². The number of aryl methyl sites for hydroxylation is 1. The molecule has 0 saturated heterocycles. The number of aromatic nitrogens is 1. The molecule has 4 heteroatoms. The van der Waals surface area contributed by atoms with Crippen LogP contribution in [0.4, 0.5) is 0 Å². The van der Waals surface area contributed by atoms with E-state index in [4.69, 9.17) is 4.74 Å². The molecule has 1 unspecified atom stereocenters. The Kier molecular flexibility index (Phi) is 2.73. The number of benzene rings is 1. The van der Waals surface area contributed by atoms with Gasteiger partial charge in [0.25, 0.3) is 0 Å². The van der Waals surface area contributed by atoms with E-state index in [0.29, 0.717) is 0 Å². The van der Waals surface area contributed by atoms with Crippen molar-refractivity contribution in [2.45, 2.75) is 25.2 Å². The summed E-state index contributed by atoms with van der Waals surface area (Å²) in [4.78, 5) is 11.5. The average Bonchev–Trinajstić information content (AvgIpc) is 2.72. The lowest BCUT2D eigenvalue weighted by molar-refractivity contribution is -0.139. The fourth-order valence-corrected chi connectivity index (χ4v) is 3.28. The first-order chi connectivity index (χ1) is 9.15. The summed E-state index contributed by atoms with van der Waals surface area (Å²) in [6.07, 6.45) is 2.59. The zero-order valence-corrected chi connectivity index (χ0v) is 11.1. The number of para-hydroxylation sites is 1. The van der Waals surface area contributed by atoms with Crippen LogP contribution in [-0.4, -0.2) is 22.8 Å². The van der Waals surface area contributed by atoms with Gasteiger partial charge in [-0.2, -0.15) is 0 Å². The van der Waals surface area contributed by atoms with Crippen molar-refractivity contribution in [2.24, 2.45) is 7.05 Å². The van der Waals surface area contributed by atoms with E-state index >= 15 is 0 Å². The van der Waals surface area contributed by atoms with Gasteiger partial charge in [-0.1, -0.05) is 12.1 Å². The molecular formula is C15H17NO3. The highest BCUT2D eigenvalue weighted by Gasteiger charge is 2.31. The van der Waals surface area contributed by atoms with Gasteiger partial charge >= 0.3 is 5.97 Å². The Balaban J connectivity index is 2.37.